The average molecular weight is 472 g/mol. The molecule has 33 heavy (non-hydrogen) atoms. The first-order chi connectivity index (χ1) is 15.7. The van der Waals surface area contributed by atoms with E-state index in [1.165, 1.54) is 10.4 Å². The summed E-state index contributed by atoms with van der Waals surface area (Å²) in [5.41, 5.74) is 1.94. The van der Waals surface area contributed by atoms with Crippen LogP contribution in [0, 0.1) is 6.92 Å². The Hall–Kier alpha value is -2.91. The quantitative estimate of drug-likeness (QED) is 0.699. The van der Waals surface area contributed by atoms with Crippen LogP contribution in [0.4, 0.5) is 5.69 Å². The molecule has 2 amide bonds. The summed E-state index contributed by atoms with van der Waals surface area (Å²) in [5, 5.41) is 2.69. The van der Waals surface area contributed by atoms with Crippen molar-refractivity contribution in [1.82, 2.24) is 9.21 Å². The van der Waals surface area contributed by atoms with Gasteiger partial charge in [0, 0.05) is 25.2 Å². The van der Waals surface area contributed by atoms with Crippen LogP contribution < -0.4 is 10.1 Å². The molecule has 176 valence electrons. The third-order valence-corrected chi connectivity index (χ3v) is 8.14. The largest absolute Gasteiger partial charge is 0.482 e. The van der Waals surface area contributed by atoms with Crippen molar-refractivity contribution >= 4 is 27.5 Å². The minimum atomic E-state index is -3.95. The van der Waals surface area contributed by atoms with Gasteiger partial charge in [-0.25, -0.2) is 8.42 Å². The van der Waals surface area contributed by atoms with Crippen molar-refractivity contribution in [2.24, 2.45) is 0 Å². The van der Waals surface area contributed by atoms with E-state index in [4.69, 9.17) is 4.74 Å². The summed E-state index contributed by atoms with van der Waals surface area (Å²) < 4.78 is 34.1. The molecule has 0 bridgehead atoms. The van der Waals surface area contributed by atoms with E-state index in [2.05, 4.69) is 5.32 Å². The van der Waals surface area contributed by atoms with Crippen LogP contribution in [0.15, 0.2) is 47.4 Å². The molecule has 2 aliphatic rings. The molecule has 2 aromatic carbocycles. The van der Waals surface area contributed by atoms with Crippen molar-refractivity contribution in [3.8, 4) is 5.75 Å². The van der Waals surface area contributed by atoms with Gasteiger partial charge in [0.1, 0.15) is 11.8 Å². The van der Waals surface area contributed by atoms with Crippen LogP contribution in [0.1, 0.15) is 37.8 Å². The van der Waals surface area contributed by atoms with E-state index in [9.17, 15) is 18.0 Å². The van der Waals surface area contributed by atoms with E-state index in [0.29, 0.717) is 36.4 Å². The molecule has 1 atom stereocenters. The first-order valence-electron chi connectivity index (χ1n) is 11.1. The molecule has 0 saturated carbocycles. The second-order valence-electron chi connectivity index (χ2n) is 8.77. The molecule has 2 aliphatic heterocycles. The number of nitrogens with one attached hydrogen (secondary N) is 1. The topological polar surface area (TPSA) is 96.0 Å². The first kappa shape index (κ1) is 23.3. The third-order valence-electron chi connectivity index (χ3n) is 6.09. The van der Waals surface area contributed by atoms with Crippen LogP contribution in [0.5, 0.6) is 5.75 Å². The van der Waals surface area contributed by atoms with Gasteiger partial charge in [-0.2, -0.15) is 4.31 Å². The Bertz CT molecular complexity index is 1160. The fourth-order valence-corrected chi connectivity index (χ4v) is 6.26. The molecule has 0 radical (unpaired) electrons. The number of fused-ring (bicyclic) bond motifs is 1. The SMILES string of the molecule is Cc1cc2c(cc1S(=O)(=O)N1CCCC1C(=O)N(Cc1ccccc1)C(C)C)OCC(=O)N2. The van der Waals surface area contributed by atoms with Crippen LogP contribution in [0.3, 0.4) is 0 Å². The number of aryl methyl sites for hydroxylation is 1. The Balaban J connectivity index is 1.63. The van der Waals surface area contributed by atoms with E-state index < -0.39 is 16.1 Å². The van der Waals surface area contributed by atoms with Crippen molar-refractivity contribution in [2.45, 2.75) is 57.1 Å². The fourth-order valence-electron chi connectivity index (χ4n) is 4.38. The predicted octanol–water partition coefficient (Wildman–Crippen LogP) is 2.92. The number of sulfonamides is 1. The molecule has 0 aromatic heterocycles. The van der Waals surface area contributed by atoms with Gasteiger partial charge in [-0.05, 0) is 50.8 Å². The molecule has 1 N–H and O–H groups in total. The summed E-state index contributed by atoms with van der Waals surface area (Å²) in [4.78, 5) is 27.0. The average Bonchev–Trinajstić information content (AvgIpc) is 3.28. The summed E-state index contributed by atoms with van der Waals surface area (Å²) in [6, 6.07) is 11.9. The highest BCUT2D eigenvalue weighted by Gasteiger charge is 2.42. The number of rotatable bonds is 6. The summed E-state index contributed by atoms with van der Waals surface area (Å²) in [7, 11) is -3.95. The van der Waals surface area contributed by atoms with Gasteiger partial charge in [-0.15, -0.1) is 0 Å². The second-order valence-corrected chi connectivity index (χ2v) is 10.6. The zero-order valence-electron chi connectivity index (χ0n) is 19.1. The standard InChI is InChI=1S/C24H29N3O5S/c1-16(2)26(14-18-8-5-4-6-9-18)24(29)20-10-7-11-27(20)33(30,31)22-13-21-19(12-17(22)3)25-23(28)15-32-21/h4-6,8-9,12-13,16,20H,7,10-11,14-15H2,1-3H3,(H,25,28). The van der Waals surface area contributed by atoms with Gasteiger partial charge in [0.05, 0.1) is 10.6 Å². The van der Waals surface area contributed by atoms with E-state index >= 15 is 0 Å². The minimum Gasteiger partial charge on any atom is -0.482 e. The maximum absolute atomic E-state index is 13.7. The summed E-state index contributed by atoms with van der Waals surface area (Å²) in [6.45, 7) is 6.10. The number of ether oxygens (including phenoxy) is 1. The Morgan fingerprint density at radius 2 is 1.97 bits per heavy atom. The lowest BCUT2D eigenvalue weighted by molar-refractivity contribution is -0.137. The Morgan fingerprint density at radius 3 is 2.67 bits per heavy atom. The summed E-state index contributed by atoms with van der Waals surface area (Å²) in [5.74, 6) is -0.155. The number of carbonyl (C=O) groups excluding carboxylic acids is 2. The number of nitrogens with zero attached hydrogens (tertiary/aromatic N) is 2. The molecule has 8 nitrogen and oxygen atoms in total. The minimum absolute atomic E-state index is 0.0784. The number of benzene rings is 2. The van der Waals surface area contributed by atoms with Gasteiger partial charge in [0.15, 0.2) is 6.61 Å². The fraction of sp³-hybridized carbons (Fsp3) is 0.417. The van der Waals surface area contributed by atoms with Crippen molar-refractivity contribution in [1.29, 1.82) is 0 Å². The van der Waals surface area contributed by atoms with E-state index in [1.54, 1.807) is 17.9 Å². The highest BCUT2D eigenvalue weighted by molar-refractivity contribution is 7.89. The van der Waals surface area contributed by atoms with Crippen molar-refractivity contribution in [2.75, 3.05) is 18.5 Å². The van der Waals surface area contributed by atoms with Crippen molar-refractivity contribution < 1.29 is 22.7 Å². The lowest BCUT2D eigenvalue weighted by atomic mass is 10.1. The smallest absolute Gasteiger partial charge is 0.262 e. The lowest BCUT2D eigenvalue weighted by Crippen LogP contribution is -2.49. The number of carbonyl (C=O) groups is 2. The number of amides is 2. The molecule has 2 heterocycles. The van der Waals surface area contributed by atoms with Crippen molar-refractivity contribution in [3.05, 3.63) is 53.6 Å². The molecule has 0 aliphatic carbocycles. The van der Waals surface area contributed by atoms with Crippen LogP contribution >= 0.6 is 0 Å². The maximum atomic E-state index is 13.7. The molecule has 1 unspecified atom stereocenters. The molecule has 4 rings (SSSR count). The van der Waals surface area contributed by atoms with E-state index in [1.807, 2.05) is 44.2 Å². The zero-order chi connectivity index (χ0) is 23.8. The zero-order valence-corrected chi connectivity index (χ0v) is 19.9. The van der Waals surface area contributed by atoms with Gasteiger partial charge in [0.2, 0.25) is 15.9 Å². The van der Waals surface area contributed by atoms with E-state index in [0.717, 1.165) is 5.56 Å². The molecular weight excluding hydrogens is 442 g/mol. The van der Waals surface area contributed by atoms with Gasteiger partial charge >= 0.3 is 0 Å². The van der Waals surface area contributed by atoms with Crippen LogP contribution in [-0.4, -0.2) is 54.7 Å². The second kappa shape index (κ2) is 9.15. The van der Waals surface area contributed by atoms with Crippen LogP contribution in [-0.2, 0) is 26.2 Å². The highest BCUT2D eigenvalue weighted by atomic mass is 32.2. The Labute approximate surface area is 194 Å². The maximum Gasteiger partial charge on any atom is 0.262 e. The predicted molar refractivity (Wildman–Crippen MR) is 124 cm³/mol. The molecular formula is C24H29N3O5S. The molecule has 9 heteroatoms. The normalized spacial score (nSPS) is 18.5. The number of hydrogen-bond donors (Lipinski definition) is 1. The molecule has 1 saturated heterocycles. The van der Waals surface area contributed by atoms with Gasteiger partial charge in [-0.3, -0.25) is 9.59 Å². The van der Waals surface area contributed by atoms with E-state index in [-0.39, 0.29) is 35.9 Å². The molecule has 2 aromatic rings. The number of hydrogen-bond acceptors (Lipinski definition) is 5. The molecule has 0 spiro atoms. The lowest BCUT2D eigenvalue weighted by Gasteiger charge is -2.33. The summed E-state index contributed by atoms with van der Waals surface area (Å²) in [6.07, 6.45) is 1.09. The van der Waals surface area contributed by atoms with Gasteiger partial charge in [-0.1, -0.05) is 30.3 Å². The summed E-state index contributed by atoms with van der Waals surface area (Å²) >= 11 is 0. The van der Waals surface area contributed by atoms with Gasteiger partial charge < -0.3 is 15.0 Å². The van der Waals surface area contributed by atoms with Crippen molar-refractivity contribution in [3.63, 3.8) is 0 Å². The van der Waals surface area contributed by atoms with Crippen LogP contribution in [0.25, 0.3) is 0 Å². The third kappa shape index (κ3) is 4.60. The number of anilines is 1. The first-order valence-corrected chi connectivity index (χ1v) is 12.6. The highest BCUT2D eigenvalue weighted by Crippen LogP contribution is 2.36. The van der Waals surface area contributed by atoms with Crippen LogP contribution in [0.2, 0.25) is 0 Å². The van der Waals surface area contributed by atoms with Gasteiger partial charge in [0.25, 0.3) is 5.91 Å². The monoisotopic (exact) mass is 471 g/mol. The molecule has 1 fully saturated rings. The Morgan fingerprint density at radius 1 is 1.24 bits per heavy atom. The Kier molecular flexibility index (Phi) is 6.45.